The highest BCUT2D eigenvalue weighted by Gasteiger charge is 2.27. The second-order valence-corrected chi connectivity index (χ2v) is 8.37. The molecule has 1 aliphatic heterocycles. The second-order valence-electron chi connectivity index (χ2n) is 7.05. The van der Waals surface area contributed by atoms with Crippen molar-refractivity contribution in [1.82, 2.24) is 0 Å². The second kappa shape index (κ2) is 10.1. The van der Waals surface area contributed by atoms with Crippen LogP contribution in [0.5, 0.6) is 11.5 Å². The largest absolute Gasteiger partial charge is 0.493 e. The monoisotopic (exact) mass is 542 g/mol. The Morgan fingerprint density at radius 2 is 1.94 bits per heavy atom. The Morgan fingerprint density at radius 1 is 1.18 bits per heavy atom. The molecule has 1 aliphatic rings. The van der Waals surface area contributed by atoms with Gasteiger partial charge in [0.05, 0.1) is 22.6 Å². The van der Waals surface area contributed by atoms with Gasteiger partial charge in [0, 0.05) is 22.2 Å². The van der Waals surface area contributed by atoms with Crippen molar-refractivity contribution in [2.45, 2.75) is 6.61 Å². The van der Waals surface area contributed by atoms with Gasteiger partial charge in [-0.3, -0.25) is 10.1 Å². The summed E-state index contributed by atoms with van der Waals surface area (Å²) in [6.45, 7) is 0.270. The van der Waals surface area contributed by atoms with Crippen LogP contribution in [-0.2, 0) is 16.1 Å². The lowest BCUT2D eigenvalue weighted by molar-refractivity contribution is -0.384. The van der Waals surface area contributed by atoms with Gasteiger partial charge in [0.25, 0.3) is 5.69 Å². The molecule has 172 valence electrons. The summed E-state index contributed by atoms with van der Waals surface area (Å²) in [4.78, 5) is 27.3. The maximum Gasteiger partial charge on any atom is 0.363 e. The lowest BCUT2D eigenvalue weighted by Gasteiger charge is -2.13. The SMILES string of the molecule is COc1cccc(/C=C2\N=C(c3cc([N+](=O)[O-])ccc3Cl)OC2=O)c1OCc1ccc(Br)cc1. The van der Waals surface area contributed by atoms with Gasteiger partial charge in [-0.05, 0) is 35.9 Å². The quantitative estimate of drug-likeness (QED) is 0.158. The number of aliphatic imine (C=N–C) groups is 1. The average molecular weight is 544 g/mol. The van der Waals surface area contributed by atoms with E-state index < -0.39 is 10.9 Å². The molecule has 0 aromatic heterocycles. The van der Waals surface area contributed by atoms with Gasteiger partial charge in [0.2, 0.25) is 5.90 Å². The van der Waals surface area contributed by atoms with E-state index in [4.69, 9.17) is 25.8 Å². The summed E-state index contributed by atoms with van der Waals surface area (Å²) in [5.41, 5.74) is 1.41. The van der Waals surface area contributed by atoms with Gasteiger partial charge in [-0.15, -0.1) is 0 Å². The van der Waals surface area contributed by atoms with Crippen molar-refractivity contribution in [1.29, 1.82) is 0 Å². The molecule has 10 heteroatoms. The summed E-state index contributed by atoms with van der Waals surface area (Å²) in [6, 6.07) is 16.7. The van der Waals surface area contributed by atoms with E-state index in [1.54, 1.807) is 18.2 Å². The highest BCUT2D eigenvalue weighted by atomic mass is 79.9. The van der Waals surface area contributed by atoms with Crippen LogP contribution in [0.15, 0.2) is 75.8 Å². The Kier molecular flexibility index (Phi) is 6.95. The zero-order chi connectivity index (χ0) is 24.2. The third-order valence-electron chi connectivity index (χ3n) is 4.83. The Balaban J connectivity index is 1.68. The van der Waals surface area contributed by atoms with Crippen LogP contribution in [0.2, 0.25) is 5.02 Å². The van der Waals surface area contributed by atoms with E-state index in [9.17, 15) is 14.9 Å². The Labute approximate surface area is 207 Å². The van der Waals surface area contributed by atoms with E-state index in [2.05, 4.69) is 20.9 Å². The number of carbonyl (C=O) groups is 1. The first-order valence-electron chi connectivity index (χ1n) is 9.87. The Morgan fingerprint density at radius 3 is 2.65 bits per heavy atom. The summed E-state index contributed by atoms with van der Waals surface area (Å²) in [7, 11) is 1.52. The third kappa shape index (κ3) is 5.11. The maximum absolute atomic E-state index is 12.5. The zero-order valence-electron chi connectivity index (χ0n) is 17.7. The minimum atomic E-state index is -0.723. The molecule has 0 amide bonds. The number of methoxy groups -OCH3 is 1. The lowest BCUT2D eigenvalue weighted by Crippen LogP contribution is -2.06. The molecule has 1 heterocycles. The van der Waals surface area contributed by atoms with Crippen LogP contribution >= 0.6 is 27.5 Å². The number of nitro benzene ring substituents is 1. The molecule has 0 fully saturated rings. The molecule has 3 aromatic rings. The molecule has 0 atom stereocenters. The normalized spacial score (nSPS) is 14.0. The van der Waals surface area contributed by atoms with Crippen molar-refractivity contribution in [2.75, 3.05) is 7.11 Å². The van der Waals surface area contributed by atoms with Crippen LogP contribution < -0.4 is 9.47 Å². The van der Waals surface area contributed by atoms with E-state index in [0.717, 1.165) is 10.0 Å². The first-order valence-corrected chi connectivity index (χ1v) is 11.0. The minimum absolute atomic E-state index is 0.0145. The van der Waals surface area contributed by atoms with Crippen molar-refractivity contribution >= 4 is 51.2 Å². The van der Waals surface area contributed by atoms with E-state index in [-0.39, 0.29) is 34.5 Å². The van der Waals surface area contributed by atoms with Gasteiger partial charge >= 0.3 is 5.97 Å². The fraction of sp³-hybridized carbons (Fsp3) is 0.0833. The number of esters is 1. The maximum atomic E-state index is 12.5. The molecule has 0 radical (unpaired) electrons. The Hall–Kier alpha value is -3.69. The van der Waals surface area contributed by atoms with Crippen LogP contribution in [0.4, 0.5) is 5.69 Å². The van der Waals surface area contributed by atoms with Gasteiger partial charge in [-0.2, -0.15) is 0 Å². The summed E-state index contributed by atoms with van der Waals surface area (Å²) in [5.74, 6) is 0.0541. The molecule has 8 nitrogen and oxygen atoms in total. The first-order chi connectivity index (χ1) is 16.4. The van der Waals surface area contributed by atoms with Crippen LogP contribution in [0.1, 0.15) is 16.7 Å². The molecule has 0 N–H and O–H groups in total. The number of hydrogen-bond acceptors (Lipinski definition) is 7. The summed E-state index contributed by atoms with van der Waals surface area (Å²) in [6.07, 6.45) is 1.50. The molecule has 0 aliphatic carbocycles. The molecule has 34 heavy (non-hydrogen) atoms. The third-order valence-corrected chi connectivity index (χ3v) is 5.69. The fourth-order valence-corrected chi connectivity index (χ4v) is 3.62. The molecule has 4 rings (SSSR count). The Bertz CT molecular complexity index is 1340. The van der Waals surface area contributed by atoms with Gasteiger partial charge in [0.15, 0.2) is 17.2 Å². The van der Waals surface area contributed by atoms with E-state index in [0.29, 0.717) is 17.1 Å². The molecule has 3 aromatic carbocycles. The number of rotatable bonds is 7. The number of cyclic esters (lactones) is 1. The zero-order valence-corrected chi connectivity index (χ0v) is 20.0. The van der Waals surface area contributed by atoms with Crippen molar-refractivity contribution in [3.05, 3.63) is 103 Å². The first kappa shape index (κ1) is 23.5. The molecule has 0 spiro atoms. The van der Waals surface area contributed by atoms with Crippen molar-refractivity contribution < 1.29 is 23.9 Å². The molecular weight excluding hydrogens is 528 g/mol. The number of benzene rings is 3. The van der Waals surface area contributed by atoms with E-state index in [1.165, 1.54) is 31.4 Å². The molecule has 0 bridgehead atoms. The predicted molar refractivity (Wildman–Crippen MR) is 130 cm³/mol. The van der Waals surface area contributed by atoms with E-state index in [1.807, 2.05) is 24.3 Å². The predicted octanol–water partition coefficient (Wildman–Crippen LogP) is 5.94. The minimum Gasteiger partial charge on any atom is -0.493 e. The number of ether oxygens (including phenoxy) is 3. The van der Waals surface area contributed by atoms with Crippen LogP contribution in [0.25, 0.3) is 6.08 Å². The van der Waals surface area contributed by atoms with Crippen molar-refractivity contribution in [3.63, 3.8) is 0 Å². The number of halogens is 2. The van der Waals surface area contributed by atoms with Gasteiger partial charge in [-0.25, -0.2) is 9.79 Å². The number of non-ortho nitro benzene ring substituents is 1. The topological polar surface area (TPSA) is 100 Å². The van der Waals surface area contributed by atoms with Gasteiger partial charge in [0.1, 0.15) is 6.61 Å². The number of para-hydroxylation sites is 1. The standard InChI is InChI=1S/C24H16BrClN2O6/c1-32-21-4-2-3-15(22(21)33-13-14-5-7-16(25)8-6-14)11-20-24(29)34-23(27-20)18-12-17(28(30)31)9-10-19(18)26/h2-12H,13H2,1H3/b20-11-. The van der Waals surface area contributed by atoms with E-state index >= 15 is 0 Å². The summed E-state index contributed by atoms with van der Waals surface area (Å²) in [5, 5.41) is 11.3. The molecule has 0 unspecified atom stereocenters. The molecule has 0 saturated carbocycles. The van der Waals surface area contributed by atoms with Crippen LogP contribution in [0.3, 0.4) is 0 Å². The number of nitrogens with zero attached hydrogens (tertiary/aromatic N) is 2. The summed E-state index contributed by atoms with van der Waals surface area (Å²) >= 11 is 9.56. The molecule has 0 saturated heterocycles. The lowest BCUT2D eigenvalue weighted by atomic mass is 10.1. The average Bonchev–Trinajstić information content (AvgIpc) is 3.19. The van der Waals surface area contributed by atoms with Crippen molar-refractivity contribution in [3.8, 4) is 11.5 Å². The van der Waals surface area contributed by atoms with Gasteiger partial charge < -0.3 is 14.2 Å². The number of nitro groups is 1. The summed E-state index contributed by atoms with van der Waals surface area (Å²) < 4.78 is 17.7. The van der Waals surface area contributed by atoms with Gasteiger partial charge in [-0.1, -0.05) is 51.8 Å². The molecular formula is C24H16BrClN2O6. The number of hydrogen-bond donors (Lipinski definition) is 0. The fourth-order valence-electron chi connectivity index (χ4n) is 3.16. The van der Waals surface area contributed by atoms with Crippen molar-refractivity contribution in [2.24, 2.45) is 4.99 Å². The smallest absolute Gasteiger partial charge is 0.363 e. The van der Waals surface area contributed by atoms with Crippen LogP contribution in [0, 0.1) is 10.1 Å². The number of carbonyl (C=O) groups excluding carboxylic acids is 1. The van der Waals surface area contributed by atoms with Crippen LogP contribution in [-0.4, -0.2) is 23.9 Å². The highest BCUT2D eigenvalue weighted by Crippen LogP contribution is 2.35. The highest BCUT2D eigenvalue weighted by molar-refractivity contribution is 9.10.